The van der Waals surface area contributed by atoms with Gasteiger partial charge in [0.05, 0.1) is 16.5 Å². The molecule has 6 heteroatoms. The molecule has 1 N–H and O–H groups in total. The quantitative estimate of drug-likeness (QED) is 0.788. The van der Waals surface area contributed by atoms with Crippen molar-refractivity contribution in [3.8, 4) is 0 Å². The lowest BCUT2D eigenvalue weighted by molar-refractivity contribution is 0.0996. The maximum Gasteiger partial charge on any atom is 0.291 e. The summed E-state index contributed by atoms with van der Waals surface area (Å²) in [5.74, 6) is 0.128. The number of hydrogen-bond donors (Lipinski definition) is 1. The number of nitrogens with one attached hydrogen (secondary N) is 1. The number of benzene rings is 1. The molecule has 1 fully saturated rings. The van der Waals surface area contributed by atoms with Crippen molar-refractivity contribution in [3.63, 3.8) is 0 Å². The Morgan fingerprint density at radius 1 is 1.30 bits per heavy atom. The summed E-state index contributed by atoms with van der Waals surface area (Å²) in [7, 11) is 0. The first-order chi connectivity index (χ1) is 11.2. The number of furan rings is 1. The molecule has 0 aliphatic carbocycles. The molecule has 0 bridgehead atoms. The van der Waals surface area contributed by atoms with Gasteiger partial charge >= 0.3 is 0 Å². The van der Waals surface area contributed by atoms with Crippen molar-refractivity contribution >= 4 is 38.3 Å². The molecule has 3 aromatic rings. The third kappa shape index (κ3) is 2.70. The van der Waals surface area contributed by atoms with Gasteiger partial charge in [-0.05, 0) is 44.0 Å². The molecule has 1 aliphatic heterocycles. The molecule has 3 heterocycles. The fourth-order valence-corrected chi connectivity index (χ4v) is 3.88. The SMILES string of the molecule is Cc1ccoc1C(=O)Nc1ccc2nc(N3CCCC3)sc2c1. The fraction of sp³-hybridized carbons (Fsp3) is 0.294. The van der Waals surface area contributed by atoms with E-state index in [1.807, 2.05) is 25.1 Å². The molecule has 0 saturated carbocycles. The summed E-state index contributed by atoms with van der Waals surface area (Å²) < 4.78 is 6.31. The molecule has 1 aromatic carbocycles. The molecule has 23 heavy (non-hydrogen) atoms. The number of aromatic nitrogens is 1. The van der Waals surface area contributed by atoms with Gasteiger partial charge in [-0.3, -0.25) is 4.79 Å². The molecule has 0 atom stereocenters. The van der Waals surface area contributed by atoms with E-state index in [9.17, 15) is 4.79 Å². The lowest BCUT2D eigenvalue weighted by Gasteiger charge is -2.11. The van der Waals surface area contributed by atoms with E-state index in [1.165, 1.54) is 19.1 Å². The zero-order chi connectivity index (χ0) is 15.8. The van der Waals surface area contributed by atoms with Gasteiger partial charge in [-0.2, -0.15) is 0 Å². The van der Waals surface area contributed by atoms with Gasteiger partial charge in [-0.1, -0.05) is 11.3 Å². The van der Waals surface area contributed by atoms with Crippen LogP contribution in [-0.4, -0.2) is 24.0 Å². The van der Waals surface area contributed by atoms with Crippen LogP contribution in [0.25, 0.3) is 10.2 Å². The molecular weight excluding hydrogens is 310 g/mol. The molecule has 2 aromatic heterocycles. The van der Waals surface area contributed by atoms with Crippen molar-refractivity contribution in [2.75, 3.05) is 23.3 Å². The van der Waals surface area contributed by atoms with E-state index in [1.54, 1.807) is 17.4 Å². The van der Waals surface area contributed by atoms with Crippen LogP contribution in [0.1, 0.15) is 29.0 Å². The van der Waals surface area contributed by atoms with Gasteiger partial charge < -0.3 is 14.6 Å². The molecule has 1 saturated heterocycles. The van der Waals surface area contributed by atoms with E-state index >= 15 is 0 Å². The van der Waals surface area contributed by atoms with E-state index < -0.39 is 0 Å². The Hall–Kier alpha value is -2.34. The number of aryl methyl sites for hydroxylation is 1. The maximum absolute atomic E-state index is 12.2. The molecule has 5 nitrogen and oxygen atoms in total. The van der Waals surface area contributed by atoms with Crippen LogP contribution in [0, 0.1) is 6.92 Å². The largest absolute Gasteiger partial charge is 0.459 e. The van der Waals surface area contributed by atoms with Gasteiger partial charge in [0.25, 0.3) is 5.91 Å². The Morgan fingerprint density at radius 3 is 2.87 bits per heavy atom. The van der Waals surface area contributed by atoms with Gasteiger partial charge in [0.15, 0.2) is 10.9 Å². The summed E-state index contributed by atoms with van der Waals surface area (Å²) in [5.41, 5.74) is 2.57. The van der Waals surface area contributed by atoms with Crippen molar-refractivity contribution in [1.82, 2.24) is 4.98 Å². The highest BCUT2D eigenvalue weighted by atomic mass is 32.1. The van der Waals surface area contributed by atoms with Gasteiger partial charge in [-0.15, -0.1) is 0 Å². The van der Waals surface area contributed by atoms with Crippen LogP contribution >= 0.6 is 11.3 Å². The monoisotopic (exact) mass is 327 g/mol. The Balaban J connectivity index is 1.58. The van der Waals surface area contributed by atoms with Crippen LogP contribution in [-0.2, 0) is 0 Å². The standard InChI is InChI=1S/C17H17N3O2S/c1-11-6-9-22-15(11)16(21)18-12-4-5-13-14(10-12)23-17(19-13)20-7-2-3-8-20/h4-6,9-10H,2-3,7-8H2,1H3,(H,18,21). The second-order valence-corrected chi connectivity index (χ2v) is 6.77. The predicted octanol–water partition coefficient (Wildman–Crippen LogP) is 4.05. The minimum absolute atomic E-state index is 0.226. The third-order valence-electron chi connectivity index (χ3n) is 4.08. The van der Waals surface area contributed by atoms with Gasteiger partial charge in [0.2, 0.25) is 0 Å². The molecule has 118 valence electrons. The van der Waals surface area contributed by atoms with Crippen LogP contribution in [0.5, 0.6) is 0 Å². The number of anilines is 2. The first-order valence-corrected chi connectivity index (χ1v) is 8.53. The lowest BCUT2D eigenvalue weighted by Crippen LogP contribution is -2.16. The van der Waals surface area contributed by atoms with E-state index in [2.05, 4.69) is 10.2 Å². The molecule has 1 aliphatic rings. The summed E-state index contributed by atoms with van der Waals surface area (Å²) in [4.78, 5) is 19.2. The topological polar surface area (TPSA) is 58.4 Å². The van der Waals surface area contributed by atoms with E-state index in [0.29, 0.717) is 5.76 Å². The van der Waals surface area contributed by atoms with Crippen LogP contribution in [0.3, 0.4) is 0 Å². The van der Waals surface area contributed by atoms with Crippen molar-refractivity contribution in [2.45, 2.75) is 19.8 Å². The first-order valence-electron chi connectivity index (χ1n) is 7.72. The van der Waals surface area contributed by atoms with E-state index in [0.717, 1.165) is 39.7 Å². The second-order valence-electron chi connectivity index (χ2n) is 5.76. The number of carbonyl (C=O) groups excluding carboxylic acids is 1. The average Bonchev–Trinajstić information content (AvgIpc) is 3.26. The second kappa shape index (κ2) is 5.70. The maximum atomic E-state index is 12.2. The van der Waals surface area contributed by atoms with Crippen LogP contribution in [0.4, 0.5) is 10.8 Å². The molecule has 0 unspecified atom stereocenters. The predicted molar refractivity (Wildman–Crippen MR) is 92.5 cm³/mol. The number of rotatable bonds is 3. The minimum atomic E-state index is -0.226. The van der Waals surface area contributed by atoms with Crippen molar-refractivity contribution in [3.05, 3.63) is 41.9 Å². The van der Waals surface area contributed by atoms with Crippen LogP contribution in [0.2, 0.25) is 0 Å². The number of thiazole rings is 1. The van der Waals surface area contributed by atoms with Crippen molar-refractivity contribution in [1.29, 1.82) is 0 Å². The average molecular weight is 327 g/mol. The highest BCUT2D eigenvalue weighted by Gasteiger charge is 2.17. The van der Waals surface area contributed by atoms with Crippen LogP contribution in [0.15, 0.2) is 34.9 Å². The number of amides is 1. The molecule has 0 radical (unpaired) electrons. The van der Waals surface area contributed by atoms with Gasteiger partial charge in [-0.25, -0.2) is 4.98 Å². The first kappa shape index (κ1) is 14.3. The smallest absolute Gasteiger partial charge is 0.291 e. The number of hydrogen-bond acceptors (Lipinski definition) is 5. The molecular formula is C17H17N3O2S. The molecule has 4 rings (SSSR count). The summed E-state index contributed by atoms with van der Waals surface area (Å²) in [5, 5.41) is 3.96. The number of nitrogens with zero attached hydrogens (tertiary/aromatic N) is 2. The number of carbonyl (C=O) groups is 1. The summed E-state index contributed by atoms with van der Waals surface area (Å²) >= 11 is 1.68. The summed E-state index contributed by atoms with van der Waals surface area (Å²) in [6.07, 6.45) is 4.00. The molecule has 1 amide bonds. The summed E-state index contributed by atoms with van der Waals surface area (Å²) in [6, 6.07) is 7.59. The number of fused-ring (bicyclic) bond motifs is 1. The van der Waals surface area contributed by atoms with Crippen molar-refractivity contribution in [2.24, 2.45) is 0 Å². The lowest BCUT2D eigenvalue weighted by atomic mass is 10.2. The van der Waals surface area contributed by atoms with E-state index in [4.69, 9.17) is 9.40 Å². The molecule has 0 spiro atoms. The van der Waals surface area contributed by atoms with Gasteiger partial charge in [0.1, 0.15) is 0 Å². The third-order valence-corrected chi connectivity index (χ3v) is 5.16. The zero-order valence-electron chi connectivity index (χ0n) is 12.8. The fourth-order valence-electron chi connectivity index (χ4n) is 2.83. The normalized spacial score (nSPS) is 14.6. The zero-order valence-corrected chi connectivity index (χ0v) is 13.7. The Labute approximate surface area is 137 Å². The highest BCUT2D eigenvalue weighted by molar-refractivity contribution is 7.22. The highest BCUT2D eigenvalue weighted by Crippen LogP contribution is 2.32. The Bertz CT molecular complexity index is 862. The minimum Gasteiger partial charge on any atom is -0.459 e. The van der Waals surface area contributed by atoms with Crippen LogP contribution < -0.4 is 10.2 Å². The summed E-state index contributed by atoms with van der Waals surface area (Å²) in [6.45, 7) is 4.02. The Kier molecular flexibility index (Phi) is 3.53. The van der Waals surface area contributed by atoms with E-state index in [-0.39, 0.29) is 5.91 Å². The Morgan fingerprint density at radius 2 is 2.13 bits per heavy atom. The van der Waals surface area contributed by atoms with Crippen molar-refractivity contribution < 1.29 is 9.21 Å². The van der Waals surface area contributed by atoms with Gasteiger partial charge in [0, 0.05) is 24.3 Å².